The van der Waals surface area contributed by atoms with Crippen LogP contribution in [0.4, 0.5) is 5.69 Å². The van der Waals surface area contributed by atoms with E-state index in [2.05, 4.69) is 41.0 Å². The van der Waals surface area contributed by atoms with Crippen LogP contribution in [-0.2, 0) is 11.2 Å². The first kappa shape index (κ1) is 17.0. The van der Waals surface area contributed by atoms with Crippen molar-refractivity contribution in [1.29, 1.82) is 0 Å². The van der Waals surface area contributed by atoms with Crippen LogP contribution in [-0.4, -0.2) is 45.9 Å². The highest BCUT2D eigenvalue weighted by atomic mass is 16.5. The Bertz CT molecular complexity index is 894. The lowest BCUT2D eigenvalue weighted by molar-refractivity contribution is 0.123. The molecule has 3 aromatic rings. The summed E-state index contributed by atoms with van der Waals surface area (Å²) in [5.74, 6) is 0.601. The summed E-state index contributed by atoms with van der Waals surface area (Å²) in [6, 6.07) is 6.28. The van der Waals surface area contributed by atoms with Crippen LogP contribution in [0.2, 0.25) is 0 Å². The molecule has 0 saturated carbocycles. The lowest BCUT2D eigenvalue weighted by Crippen LogP contribution is -2.36. The average Bonchev–Trinajstić information content (AvgIpc) is 2.98. The van der Waals surface area contributed by atoms with Gasteiger partial charge in [-0.05, 0) is 37.5 Å². The molecule has 4 rings (SSSR count). The third-order valence-electron chi connectivity index (χ3n) is 4.74. The zero-order chi connectivity index (χ0) is 18.1. The van der Waals surface area contributed by atoms with Gasteiger partial charge in [0.1, 0.15) is 0 Å². The molecular weight excluding hydrogens is 326 g/mol. The van der Waals surface area contributed by atoms with Crippen LogP contribution >= 0.6 is 0 Å². The summed E-state index contributed by atoms with van der Waals surface area (Å²) < 4.78 is 7.42. The summed E-state index contributed by atoms with van der Waals surface area (Å²) in [4.78, 5) is 11.8. The van der Waals surface area contributed by atoms with E-state index in [0.717, 1.165) is 66.7 Å². The van der Waals surface area contributed by atoms with Crippen LogP contribution in [0.15, 0.2) is 30.6 Å². The Balaban J connectivity index is 1.75. The lowest BCUT2D eigenvalue weighted by Gasteiger charge is -2.28. The van der Waals surface area contributed by atoms with Crippen molar-refractivity contribution in [3.05, 3.63) is 42.0 Å². The molecule has 6 nitrogen and oxygen atoms in total. The van der Waals surface area contributed by atoms with Gasteiger partial charge in [0.15, 0.2) is 5.65 Å². The van der Waals surface area contributed by atoms with Crippen LogP contribution < -0.4 is 4.90 Å². The van der Waals surface area contributed by atoms with Crippen LogP contribution in [0.25, 0.3) is 16.9 Å². The molecule has 0 bridgehead atoms. The van der Waals surface area contributed by atoms with Crippen molar-refractivity contribution in [2.24, 2.45) is 5.92 Å². The number of morpholine rings is 1. The molecule has 0 amide bonds. The first-order chi connectivity index (χ1) is 12.6. The second kappa shape index (κ2) is 7.03. The van der Waals surface area contributed by atoms with Gasteiger partial charge in [-0.3, -0.25) is 4.98 Å². The summed E-state index contributed by atoms with van der Waals surface area (Å²) in [6.07, 6.45) is 4.78. The molecule has 3 aromatic heterocycles. The van der Waals surface area contributed by atoms with E-state index < -0.39 is 0 Å². The summed E-state index contributed by atoms with van der Waals surface area (Å²) >= 11 is 0. The molecule has 0 aliphatic carbocycles. The zero-order valence-electron chi connectivity index (χ0n) is 15.6. The molecule has 0 unspecified atom stereocenters. The maximum atomic E-state index is 5.48. The van der Waals surface area contributed by atoms with Gasteiger partial charge in [-0.1, -0.05) is 13.8 Å². The van der Waals surface area contributed by atoms with E-state index in [0.29, 0.717) is 5.92 Å². The molecule has 136 valence electrons. The summed E-state index contributed by atoms with van der Waals surface area (Å²) in [6.45, 7) is 9.72. The molecule has 26 heavy (non-hydrogen) atoms. The topological polar surface area (TPSA) is 55.5 Å². The second-order valence-corrected chi connectivity index (χ2v) is 7.23. The smallest absolute Gasteiger partial charge is 0.178 e. The molecule has 0 atom stereocenters. The van der Waals surface area contributed by atoms with Crippen molar-refractivity contribution in [3.8, 4) is 11.3 Å². The van der Waals surface area contributed by atoms with Gasteiger partial charge >= 0.3 is 0 Å². The Morgan fingerprint density at radius 3 is 2.65 bits per heavy atom. The lowest BCUT2D eigenvalue weighted by atomic mass is 10.1. The number of nitrogens with zero attached hydrogens (tertiary/aromatic N) is 5. The molecule has 0 N–H and O–H groups in total. The fraction of sp³-hybridized carbons (Fsp3) is 0.450. The van der Waals surface area contributed by atoms with Crippen molar-refractivity contribution in [1.82, 2.24) is 19.6 Å². The molecule has 0 spiro atoms. The molecule has 1 aliphatic rings. The number of ether oxygens (including phenoxy) is 1. The summed E-state index contributed by atoms with van der Waals surface area (Å²) in [7, 11) is 0. The number of pyridine rings is 1. The van der Waals surface area contributed by atoms with Crippen LogP contribution in [0.5, 0.6) is 0 Å². The van der Waals surface area contributed by atoms with Gasteiger partial charge in [0.25, 0.3) is 0 Å². The SMILES string of the molecule is Cc1nc2c(N3CCOCC3)ccnn2c1-c1ccc(CC(C)C)nc1. The van der Waals surface area contributed by atoms with Crippen molar-refractivity contribution < 1.29 is 4.74 Å². The van der Waals surface area contributed by atoms with Crippen LogP contribution in [0.3, 0.4) is 0 Å². The van der Waals surface area contributed by atoms with E-state index in [4.69, 9.17) is 9.72 Å². The maximum Gasteiger partial charge on any atom is 0.178 e. The minimum Gasteiger partial charge on any atom is -0.378 e. The van der Waals surface area contributed by atoms with E-state index >= 15 is 0 Å². The second-order valence-electron chi connectivity index (χ2n) is 7.23. The number of aromatic nitrogens is 4. The van der Waals surface area contributed by atoms with Gasteiger partial charge in [-0.15, -0.1) is 0 Å². The van der Waals surface area contributed by atoms with Gasteiger partial charge in [0, 0.05) is 30.5 Å². The fourth-order valence-electron chi connectivity index (χ4n) is 3.53. The minimum absolute atomic E-state index is 0.601. The zero-order valence-corrected chi connectivity index (χ0v) is 15.6. The van der Waals surface area contributed by atoms with Crippen molar-refractivity contribution in [3.63, 3.8) is 0 Å². The van der Waals surface area contributed by atoms with Crippen LogP contribution in [0.1, 0.15) is 25.2 Å². The molecule has 1 aliphatic heterocycles. The van der Waals surface area contributed by atoms with E-state index in [9.17, 15) is 0 Å². The molecule has 6 heteroatoms. The summed E-state index contributed by atoms with van der Waals surface area (Å²) in [5.41, 5.74) is 6.16. The largest absolute Gasteiger partial charge is 0.378 e. The summed E-state index contributed by atoms with van der Waals surface area (Å²) in [5, 5.41) is 4.57. The average molecular weight is 351 g/mol. The molecule has 4 heterocycles. The number of imidazole rings is 1. The highest BCUT2D eigenvalue weighted by Gasteiger charge is 2.19. The van der Waals surface area contributed by atoms with Gasteiger partial charge in [-0.25, -0.2) is 9.50 Å². The van der Waals surface area contributed by atoms with Gasteiger partial charge in [-0.2, -0.15) is 5.10 Å². The predicted molar refractivity (Wildman–Crippen MR) is 103 cm³/mol. The Hall–Kier alpha value is -2.47. The van der Waals surface area contributed by atoms with E-state index in [1.54, 1.807) is 0 Å². The highest BCUT2D eigenvalue weighted by Crippen LogP contribution is 2.29. The van der Waals surface area contributed by atoms with E-state index in [-0.39, 0.29) is 0 Å². The molecule has 0 radical (unpaired) electrons. The van der Waals surface area contributed by atoms with E-state index in [1.165, 1.54) is 0 Å². The number of hydrogen-bond acceptors (Lipinski definition) is 5. The third-order valence-corrected chi connectivity index (χ3v) is 4.74. The van der Waals surface area contributed by atoms with Gasteiger partial charge in [0.05, 0.1) is 36.5 Å². The Morgan fingerprint density at radius 1 is 1.15 bits per heavy atom. The monoisotopic (exact) mass is 351 g/mol. The Kier molecular flexibility index (Phi) is 4.59. The van der Waals surface area contributed by atoms with Crippen LogP contribution in [0, 0.1) is 12.8 Å². The number of fused-ring (bicyclic) bond motifs is 1. The molecular formula is C20H25N5O. The standard InChI is InChI=1S/C20H25N5O/c1-14(2)12-17-5-4-16(13-21-17)19-15(3)23-20-18(6-7-22-25(19)20)24-8-10-26-11-9-24/h4-7,13-14H,8-12H2,1-3H3. The predicted octanol–water partition coefficient (Wildman–Crippen LogP) is 3.13. The Morgan fingerprint density at radius 2 is 1.96 bits per heavy atom. The Labute approximate surface area is 153 Å². The van der Waals surface area contributed by atoms with Gasteiger partial charge < -0.3 is 9.64 Å². The molecule has 1 fully saturated rings. The minimum atomic E-state index is 0.601. The van der Waals surface area contributed by atoms with Crippen molar-refractivity contribution >= 4 is 11.3 Å². The fourth-order valence-corrected chi connectivity index (χ4v) is 3.53. The molecule has 0 aromatic carbocycles. The maximum absolute atomic E-state index is 5.48. The van der Waals surface area contributed by atoms with E-state index in [1.807, 2.05) is 29.9 Å². The number of rotatable bonds is 4. The third kappa shape index (κ3) is 3.17. The van der Waals surface area contributed by atoms with Crippen molar-refractivity contribution in [2.75, 3.05) is 31.2 Å². The number of anilines is 1. The number of hydrogen-bond donors (Lipinski definition) is 0. The first-order valence-electron chi connectivity index (χ1n) is 9.26. The first-order valence-corrected chi connectivity index (χ1v) is 9.26. The highest BCUT2D eigenvalue weighted by molar-refractivity contribution is 5.75. The number of aryl methyl sites for hydroxylation is 1. The molecule has 1 saturated heterocycles. The van der Waals surface area contributed by atoms with Crippen molar-refractivity contribution in [2.45, 2.75) is 27.2 Å². The normalized spacial score (nSPS) is 15.2. The van der Waals surface area contributed by atoms with Gasteiger partial charge in [0.2, 0.25) is 0 Å². The quantitative estimate of drug-likeness (QED) is 0.723.